The second-order valence-electron chi connectivity index (χ2n) is 3.05. The molecule has 0 aromatic carbocycles. The molecule has 74 valence electrons. The van der Waals surface area contributed by atoms with Crippen molar-refractivity contribution in [3.8, 4) is 0 Å². The van der Waals surface area contributed by atoms with Gasteiger partial charge in [0.15, 0.2) is 0 Å². The average molecular weight is 192 g/mol. The molecule has 2 rings (SSSR count). The lowest BCUT2D eigenvalue weighted by Crippen LogP contribution is -2.00. The first kappa shape index (κ1) is 8.93. The molecular formula is C9H12N4O. The van der Waals surface area contributed by atoms with Crippen molar-refractivity contribution in [2.45, 2.75) is 26.8 Å². The van der Waals surface area contributed by atoms with E-state index in [9.17, 15) is 0 Å². The van der Waals surface area contributed by atoms with Crippen LogP contribution in [0.1, 0.15) is 24.5 Å². The van der Waals surface area contributed by atoms with Gasteiger partial charge in [-0.25, -0.2) is 4.98 Å². The van der Waals surface area contributed by atoms with Crippen LogP contribution in [0.15, 0.2) is 16.8 Å². The van der Waals surface area contributed by atoms with Gasteiger partial charge in [0.25, 0.3) is 0 Å². The minimum absolute atomic E-state index is 0.596. The minimum Gasteiger partial charge on any atom is -0.423 e. The number of hydrogen-bond acceptors (Lipinski definition) is 4. The fourth-order valence-corrected chi connectivity index (χ4v) is 1.21. The molecule has 0 bridgehead atoms. The van der Waals surface area contributed by atoms with E-state index in [0.29, 0.717) is 18.3 Å². The van der Waals surface area contributed by atoms with Crippen LogP contribution in [-0.2, 0) is 13.0 Å². The van der Waals surface area contributed by atoms with Crippen molar-refractivity contribution in [1.29, 1.82) is 0 Å². The Balaban J connectivity index is 2.15. The number of nitrogens with zero attached hydrogens (tertiary/aromatic N) is 4. The summed E-state index contributed by atoms with van der Waals surface area (Å²) >= 11 is 0. The zero-order valence-corrected chi connectivity index (χ0v) is 8.27. The molecule has 0 aliphatic heterocycles. The van der Waals surface area contributed by atoms with Gasteiger partial charge >= 0.3 is 0 Å². The molecule has 0 amide bonds. The number of imidazole rings is 1. The van der Waals surface area contributed by atoms with Gasteiger partial charge in [0.05, 0.1) is 0 Å². The normalized spacial score (nSPS) is 10.7. The third-order valence-electron chi connectivity index (χ3n) is 2.04. The minimum atomic E-state index is 0.596. The van der Waals surface area contributed by atoms with E-state index in [0.717, 1.165) is 12.2 Å². The van der Waals surface area contributed by atoms with E-state index in [-0.39, 0.29) is 0 Å². The summed E-state index contributed by atoms with van der Waals surface area (Å²) in [6.45, 7) is 4.52. The van der Waals surface area contributed by atoms with E-state index in [1.807, 2.05) is 24.6 Å². The Bertz CT molecular complexity index is 418. The van der Waals surface area contributed by atoms with Gasteiger partial charge in [-0.2, -0.15) is 0 Å². The van der Waals surface area contributed by atoms with E-state index < -0.39 is 0 Å². The summed E-state index contributed by atoms with van der Waals surface area (Å²) in [5.74, 6) is 2.25. The molecule has 0 spiro atoms. The van der Waals surface area contributed by atoms with Gasteiger partial charge in [0, 0.05) is 18.8 Å². The number of aromatic nitrogens is 4. The molecule has 0 N–H and O–H groups in total. The van der Waals surface area contributed by atoms with Crippen molar-refractivity contribution >= 4 is 0 Å². The van der Waals surface area contributed by atoms with Crippen LogP contribution >= 0.6 is 0 Å². The lowest BCUT2D eigenvalue weighted by Gasteiger charge is -1.98. The fraction of sp³-hybridized carbons (Fsp3) is 0.444. The van der Waals surface area contributed by atoms with Gasteiger partial charge in [-0.1, -0.05) is 6.92 Å². The summed E-state index contributed by atoms with van der Waals surface area (Å²) in [5, 5.41) is 7.83. The molecule has 0 saturated heterocycles. The summed E-state index contributed by atoms with van der Waals surface area (Å²) in [7, 11) is 0. The maximum atomic E-state index is 5.39. The Morgan fingerprint density at radius 3 is 2.71 bits per heavy atom. The van der Waals surface area contributed by atoms with Gasteiger partial charge < -0.3 is 8.98 Å². The first-order valence-electron chi connectivity index (χ1n) is 4.58. The molecule has 0 aliphatic rings. The van der Waals surface area contributed by atoms with E-state index in [2.05, 4.69) is 15.2 Å². The Morgan fingerprint density at radius 1 is 1.36 bits per heavy atom. The quantitative estimate of drug-likeness (QED) is 0.732. The molecule has 5 nitrogen and oxygen atoms in total. The highest BCUT2D eigenvalue weighted by atomic mass is 16.4. The monoisotopic (exact) mass is 192 g/mol. The molecular weight excluding hydrogens is 180 g/mol. The number of hydrogen-bond donors (Lipinski definition) is 0. The average Bonchev–Trinajstić information content (AvgIpc) is 2.77. The summed E-state index contributed by atoms with van der Waals surface area (Å²) in [5.41, 5.74) is 0. The fourth-order valence-electron chi connectivity index (χ4n) is 1.21. The highest BCUT2D eigenvalue weighted by Gasteiger charge is 2.05. The van der Waals surface area contributed by atoms with Crippen LogP contribution in [-0.4, -0.2) is 19.7 Å². The summed E-state index contributed by atoms with van der Waals surface area (Å²) in [6.07, 6.45) is 4.42. The first-order valence-corrected chi connectivity index (χ1v) is 4.58. The summed E-state index contributed by atoms with van der Waals surface area (Å²) in [4.78, 5) is 4.11. The molecule has 2 aromatic heterocycles. The molecule has 0 radical (unpaired) electrons. The highest BCUT2D eigenvalue weighted by Crippen LogP contribution is 2.04. The highest BCUT2D eigenvalue weighted by molar-refractivity contribution is 4.92. The summed E-state index contributed by atoms with van der Waals surface area (Å²) in [6, 6.07) is 0. The van der Waals surface area contributed by atoms with Gasteiger partial charge in [0.1, 0.15) is 12.4 Å². The maximum absolute atomic E-state index is 5.39. The van der Waals surface area contributed by atoms with E-state index in [1.54, 1.807) is 6.20 Å². The third-order valence-corrected chi connectivity index (χ3v) is 2.04. The number of rotatable bonds is 3. The second-order valence-corrected chi connectivity index (χ2v) is 3.05. The molecule has 0 saturated carbocycles. The van der Waals surface area contributed by atoms with E-state index in [1.165, 1.54) is 0 Å². The van der Waals surface area contributed by atoms with Gasteiger partial charge in [-0.3, -0.25) is 0 Å². The Hall–Kier alpha value is -1.65. The van der Waals surface area contributed by atoms with E-state index >= 15 is 0 Å². The molecule has 14 heavy (non-hydrogen) atoms. The molecule has 0 atom stereocenters. The predicted octanol–water partition coefficient (Wildman–Crippen LogP) is 1.19. The van der Waals surface area contributed by atoms with Gasteiger partial charge in [-0.15, -0.1) is 10.2 Å². The van der Waals surface area contributed by atoms with Crippen molar-refractivity contribution in [2.75, 3.05) is 0 Å². The molecule has 0 unspecified atom stereocenters. The largest absolute Gasteiger partial charge is 0.423 e. The van der Waals surface area contributed by atoms with Crippen molar-refractivity contribution in [3.05, 3.63) is 30.0 Å². The Kier molecular flexibility index (Phi) is 2.30. The van der Waals surface area contributed by atoms with E-state index in [4.69, 9.17) is 4.42 Å². The molecule has 5 heteroatoms. The lowest BCUT2D eigenvalue weighted by atomic mass is 10.5. The Morgan fingerprint density at radius 2 is 2.14 bits per heavy atom. The van der Waals surface area contributed by atoms with Crippen LogP contribution in [0.3, 0.4) is 0 Å². The topological polar surface area (TPSA) is 56.7 Å². The van der Waals surface area contributed by atoms with Crippen LogP contribution in [0, 0.1) is 6.92 Å². The van der Waals surface area contributed by atoms with Crippen LogP contribution in [0.25, 0.3) is 0 Å². The summed E-state index contributed by atoms with van der Waals surface area (Å²) < 4.78 is 7.36. The zero-order valence-electron chi connectivity index (χ0n) is 8.27. The second kappa shape index (κ2) is 3.61. The lowest BCUT2D eigenvalue weighted by molar-refractivity contribution is 0.440. The van der Waals surface area contributed by atoms with Crippen LogP contribution in [0.4, 0.5) is 0 Å². The first-order chi connectivity index (χ1) is 6.79. The predicted molar refractivity (Wildman–Crippen MR) is 49.7 cm³/mol. The standard InChI is InChI=1S/C9H12N4O/c1-3-8-11-12-9(14-8)6-13-5-4-10-7(13)2/h4-5H,3,6H2,1-2H3. The van der Waals surface area contributed by atoms with Crippen molar-refractivity contribution < 1.29 is 4.42 Å². The van der Waals surface area contributed by atoms with Crippen LogP contribution < -0.4 is 0 Å². The molecule has 2 heterocycles. The smallest absolute Gasteiger partial charge is 0.236 e. The third kappa shape index (κ3) is 1.66. The van der Waals surface area contributed by atoms with Gasteiger partial charge in [-0.05, 0) is 6.92 Å². The molecule has 2 aromatic rings. The molecule has 0 fully saturated rings. The van der Waals surface area contributed by atoms with Crippen LogP contribution in [0.5, 0.6) is 0 Å². The Labute approximate surface area is 81.8 Å². The van der Waals surface area contributed by atoms with Crippen molar-refractivity contribution in [2.24, 2.45) is 0 Å². The molecule has 0 aliphatic carbocycles. The maximum Gasteiger partial charge on any atom is 0.236 e. The van der Waals surface area contributed by atoms with Gasteiger partial charge in [0.2, 0.25) is 11.8 Å². The number of aryl methyl sites for hydroxylation is 2. The SMILES string of the molecule is CCc1nnc(Cn2ccnc2C)o1. The van der Waals surface area contributed by atoms with Crippen LogP contribution in [0.2, 0.25) is 0 Å². The van der Waals surface area contributed by atoms with Crippen molar-refractivity contribution in [3.63, 3.8) is 0 Å². The zero-order chi connectivity index (χ0) is 9.97. The van der Waals surface area contributed by atoms with Crippen molar-refractivity contribution in [1.82, 2.24) is 19.7 Å².